The fourth-order valence-electron chi connectivity index (χ4n) is 3.87. The van der Waals surface area contributed by atoms with E-state index in [4.69, 9.17) is 10.4 Å². The van der Waals surface area contributed by atoms with E-state index in [2.05, 4.69) is 26.3 Å². The van der Waals surface area contributed by atoms with Crippen molar-refractivity contribution in [3.8, 4) is 11.9 Å². The SMILES string of the molecule is N#Cc1ccc(CN2CCC(c3nnc4ccc(-n5cccn5)nn34)CC2)cc1. The number of hydrogen-bond acceptors (Lipinski definition) is 6. The molecule has 4 heterocycles. The Morgan fingerprint density at radius 2 is 1.86 bits per heavy atom. The Bertz CT molecular complexity index is 1150. The topological polar surface area (TPSA) is 87.9 Å². The maximum absolute atomic E-state index is 8.93. The molecule has 0 spiro atoms. The summed E-state index contributed by atoms with van der Waals surface area (Å²) in [7, 11) is 0. The molecular weight excluding hydrogens is 364 g/mol. The minimum Gasteiger partial charge on any atom is -0.299 e. The zero-order chi connectivity index (χ0) is 19.6. The van der Waals surface area contributed by atoms with Gasteiger partial charge in [0.25, 0.3) is 0 Å². The highest BCUT2D eigenvalue weighted by Gasteiger charge is 2.25. The van der Waals surface area contributed by atoms with Gasteiger partial charge in [0.05, 0.1) is 11.6 Å². The second kappa shape index (κ2) is 7.45. The van der Waals surface area contributed by atoms with Crippen LogP contribution in [0.25, 0.3) is 11.5 Å². The van der Waals surface area contributed by atoms with Crippen molar-refractivity contribution in [2.45, 2.75) is 25.3 Å². The predicted molar refractivity (Wildman–Crippen MR) is 106 cm³/mol. The van der Waals surface area contributed by atoms with Crippen molar-refractivity contribution in [2.24, 2.45) is 0 Å². The highest BCUT2D eigenvalue weighted by Crippen LogP contribution is 2.27. The quantitative estimate of drug-likeness (QED) is 0.537. The van der Waals surface area contributed by atoms with Crippen LogP contribution < -0.4 is 0 Å². The van der Waals surface area contributed by atoms with Crippen LogP contribution in [0.2, 0.25) is 0 Å². The molecule has 8 nitrogen and oxygen atoms in total. The van der Waals surface area contributed by atoms with E-state index in [0.29, 0.717) is 11.5 Å². The van der Waals surface area contributed by atoms with E-state index < -0.39 is 0 Å². The summed E-state index contributed by atoms with van der Waals surface area (Å²) in [6.45, 7) is 2.90. The smallest absolute Gasteiger partial charge is 0.178 e. The third kappa shape index (κ3) is 3.48. The Kier molecular flexibility index (Phi) is 4.50. The monoisotopic (exact) mass is 384 g/mol. The van der Waals surface area contributed by atoms with E-state index in [0.717, 1.165) is 49.8 Å². The maximum atomic E-state index is 8.93. The summed E-state index contributed by atoms with van der Waals surface area (Å²) in [6.07, 6.45) is 5.65. The first kappa shape index (κ1) is 17.5. The number of benzene rings is 1. The zero-order valence-electron chi connectivity index (χ0n) is 15.9. The summed E-state index contributed by atoms with van der Waals surface area (Å²) in [4.78, 5) is 2.45. The minimum atomic E-state index is 0.336. The van der Waals surface area contributed by atoms with E-state index in [1.165, 1.54) is 5.56 Å². The van der Waals surface area contributed by atoms with Gasteiger partial charge >= 0.3 is 0 Å². The first-order chi connectivity index (χ1) is 14.3. The molecular formula is C21H20N8. The van der Waals surface area contributed by atoms with Gasteiger partial charge < -0.3 is 0 Å². The Morgan fingerprint density at radius 3 is 2.59 bits per heavy atom. The van der Waals surface area contributed by atoms with E-state index in [-0.39, 0.29) is 0 Å². The van der Waals surface area contributed by atoms with Gasteiger partial charge in [0.2, 0.25) is 0 Å². The van der Waals surface area contributed by atoms with E-state index in [9.17, 15) is 0 Å². The van der Waals surface area contributed by atoms with Gasteiger partial charge in [0.15, 0.2) is 17.3 Å². The van der Waals surface area contributed by atoms with Gasteiger partial charge in [-0.25, -0.2) is 4.68 Å². The third-order valence-corrected chi connectivity index (χ3v) is 5.45. The molecule has 0 unspecified atom stereocenters. The van der Waals surface area contributed by atoms with E-state index >= 15 is 0 Å². The maximum Gasteiger partial charge on any atom is 0.178 e. The van der Waals surface area contributed by atoms with Crippen molar-refractivity contribution < 1.29 is 0 Å². The first-order valence-corrected chi connectivity index (χ1v) is 9.74. The van der Waals surface area contributed by atoms with E-state index in [1.54, 1.807) is 10.9 Å². The van der Waals surface area contributed by atoms with Gasteiger partial charge in [0.1, 0.15) is 0 Å². The lowest BCUT2D eigenvalue weighted by Gasteiger charge is -2.31. The molecule has 1 fully saturated rings. The summed E-state index contributed by atoms with van der Waals surface area (Å²) in [6, 6.07) is 15.7. The molecule has 4 aromatic rings. The lowest BCUT2D eigenvalue weighted by atomic mass is 9.95. The number of nitrogens with zero attached hydrogens (tertiary/aromatic N) is 8. The summed E-state index contributed by atoms with van der Waals surface area (Å²) < 4.78 is 3.60. The molecule has 29 heavy (non-hydrogen) atoms. The molecule has 0 aliphatic carbocycles. The molecule has 0 saturated carbocycles. The van der Waals surface area contributed by atoms with Crippen molar-refractivity contribution in [2.75, 3.05) is 13.1 Å². The fourth-order valence-corrected chi connectivity index (χ4v) is 3.87. The number of likely N-dealkylation sites (tertiary alicyclic amines) is 1. The van der Waals surface area contributed by atoms with Gasteiger partial charge in [-0.3, -0.25) is 4.90 Å². The standard InChI is InChI=1S/C21H20N8/c22-14-16-2-4-17(5-3-16)15-27-12-8-18(9-13-27)21-25-24-19-6-7-20(26-29(19)21)28-11-1-10-23-28/h1-7,10-11,18H,8-9,12-13,15H2. The molecule has 1 aromatic carbocycles. The molecule has 1 saturated heterocycles. The average Bonchev–Trinajstić information content (AvgIpc) is 3.45. The van der Waals surface area contributed by atoms with Crippen LogP contribution in [0.4, 0.5) is 0 Å². The molecule has 144 valence electrons. The second-order valence-electron chi connectivity index (χ2n) is 7.33. The van der Waals surface area contributed by atoms with Gasteiger partial charge in [-0.2, -0.15) is 14.9 Å². The van der Waals surface area contributed by atoms with Gasteiger partial charge in [0, 0.05) is 24.9 Å². The Hall–Kier alpha value is -3.57. The van der Waals surface area contributed by atoms with Crippen molar-refractivity contribution in [3.63, 3.8) is 0 Å². The van der Waals surface area contributed by atoms with Crippen LogP contribution in [0.5, 0.6) is 0 Å². The number of piperidine rings is 1. The Balaban J connectivity index is 1.29. The Morgan fingerprint density at radius 1 is 1.03 bits per heavy atom. The molecule has 0 bridgehead atoms. The molecule has 8 heteroatoms. The number of aromatic nitrogens is 6. The fraction of sp³-hybridized carbons (Fsp3) is 0.286. The lowest BCUT2D eigenvalue weighted by molar-refractivity contribution is 0.201. The summed E-state index contributed by atoms with van der Waals surface area (Å²) >= 11 is 0. The average molecular weight is 384 g/mol. The minimum absolute atomic E-state index is 0.336. The van der Waals surface area contributed by atoms with Gasteiger partial charge in [-0.15, -0.1) is 15.3 Å². The first-order valence-electron chi connectivity index (χ1n) is 9.74. The van der Waals surface area contributed by atoms with Crippen LogP contribution in [0.3, 0.4) is 0 Å². The van der Waals surface area contributed by atoms with Crippen LogP contribution in [0.1, 0.15) is 35.7 Å². The van der Waals surface area contributed by atoms with Crippen LogP contribution in [-0.4, -0.2) is 47.6 Å². The Labute approximate surface area is 168 Å². The number of nitriles is 1. The van der Waals surface area contributed by atoms with Gasteiger partial charge in [-0.05, 0) is 61.8 Å². The van der Waals surface area contributed by atoms with Crippen LogP contribution in [0, 0.1) is 11.3 Å². The zero-order valence-corrected chi connectivity index (χ0v) is 15.9. The molecule has 1 aliphatic rings. The summed E-state index contributed by atoms with van der Waals surface area (Å²) in [5.74, 6) is 2.01. The number of rotatable bonds is 4. The van der Waals surface area contributed by atoms with Crippen LogP contribution in [-0.2, 0) is 6.54 Å². The molecule has 0 radical (unpaired) electrons. The van der Waals surface area contributed by atoms with E-state index in [1.807, 2.05) is 53.2 Å². The summed E-state index contributed by atoms with van der Waals surface area (Å²) in [5, 5.41) is 26.6. The highest BCUT2D eigenvalue weighted by atomic mass is 15.4. The second-order valence-corrected chi connectivity index (χ2v) is 7.33. The summed E-state index contributed by atoms with van der Waals surface area (Å²) in [5.41, 5.74) is 2.70. The van der Waals surface area contributed by atoms with Crippen LogP contribution in [0.15, 0.2) is 54.9 Å². The molecule has 1 aliphatic heterocycles. The molecule has 5 rings (SSSR count). The molecule has 3 aromatic heterocycles. The lowest BCUT2D eigenvalue weighted by Crippen LogP contribution is -2.33. The predicted octanol–water partition coefficient (Wildman–Crippen LogP) is 2.56. The molecule has 0 atom stereocenters. The number of fused-ring (bicyclic) bond motifs is 1. The van der Waals surface area contributed by atoms with Gasteiger partial charge in [-0.1, -0.05) is 12.1 Å². The third-order valence-electron chi connectivity index (χ3n) is 5.45. The van der Waals surface area contributed by atoms with Crippen LogP contribution >= 0.6 is 0 Å². The number of hydrogen-bond donors (Lipinski definition) is 0. The molecule has 0 amide bonds. The van der Waals surface area contributed by atoms with Crippen molar-refractivity contribution in [3.05, 3.63) is 71.8 Å². The van der Waals surface area contributed by atoms with Crippen molar-refractivity contribution >= 4 is 5.65 Å². The largest absolute Gasteiger partial charge is 0.299 e. The highest BCUT2D eigenvalue weighted by molar-refractivity contribution is 5.39. The normalized spacial score (nSPS) is 15.6. The molecule has 0 N–H and O–H groups in total. The van der Waals surface area contributed by atoms with Crippen molar-refractivity contribution in [1.29, 1.82) is 5.26 Å². The van der Waals surface area contributed by atoms with Crippen molar-refractivity contribution in [1.82, 2.24) is 34.5 Å².